The molecule has 0 aliphatic carbocycles. The normalized spacial score (nSPS) is 9.62. The number of carboxylic acid groups (broad SMARTS) is 1. The van der Waals surface area contributed by atoms with Crippen LogP contribution in [0.25, 0.3) is 0 Å². The summed E-state index contributed by atoms with van der Waals surface area (Å²) in [5.74, 6) is -1.52. The summed E-state index contributed by atoms with van der Waals surface area (Å²) in [6, 6.07) is 4.05. The van der Waals surface area contributed by atoms with Crippen LogP contribution in [0.2, 0.25) is 0 Å². The molecule has 0 spiro atoms. The van der Waals surface area contributed by atoms with E-state index in [9.17, 15) is 20.0 Å². The Bertz CT molecular complexity index is 372. The fourth-order valence-electron chi connectivity index (χ4n) is 1.07. The highest BCUT2D eigenvalue weighted by Gasteiger charge is 2.15. The lowest BCUT2D eigenvalue weighted by molar-refractivity contribution is -0.385. The van der Waals surface area contributed by atoms with Gasteiger partial charge >= 0.3 is 0 Å². The minimum absolute atomic E-state index is 0.328. The Kier molecular flexibility index (Phi) is 2.27. The Morgan fingerprint density at radius 3 is 2.46 bits per heavy atom. The summed E-state index contributed by atoms with van der Waals surface area (Å²) in [6.07, 6.45) is 0. The van der Waals surface area contributed by atoms with Crippen molar-refractivity contribution in [2.75, 3.05) is 0 Å². The number of carboxylic acids is 1. The van der Waals surface area contributed by atoms with E-state index in [1.54, 1.807) is 0 Å². The summed E-state index contributed by atoms with van der Waals surface area (Å²) in [6.45, 7) is 1.48. The number of hydrogen-bond donors (Lipinski definition) is 0. The number of rotatable bonds is 2. The van der Waals surface area contributed by atoms with E-state index >= 15 is 0 Å². The van der Waals surface area contributed by atoms with Gasteiger partial charge in [0, 0.05) is 6.07 Å². The maximum atomic E-state index is 10.5. The Hall–Kier alpha value is -1.91. The molecule has 0 radical (unpaired) electrons. The zero-order chi connectivity index (χ0) is 10.0. The number of aryl methyl sites for hydroxylation is 1. The summed E-state index contributed by atoms with van der Waals surface area (Å²) in [5.41, 5.74) is -0.457. The summed E-state index contributed by atoms with van der Waals surface area (Å²) < 4.78 is 0. The summed E-state index contributed by atoms with van der Waals surface area (Å²) in [5, 5.41) is 20.9. The van der Waals surface area contributed by atoms with Gasteiger partial charge in [0.1, 0.15) is 0 Å². The SMILES string of the molecule is Cc1cccc([N+](=O)[O-])c1C(=O)[O-]. The van der Waals surface area contributed by atoms with E-state index in [0.717, 1.165) is 6.07 Å². The lowest BCUT2D eigenvalue weighted by Gasteiger charge is -2.06. The number of nitrogens with zero attached hydrogens (tertiary/aromatic N) is 1. The van der Waals surface area contributed by atoms with Gasteiger partial charge in [-0.2, -0.15) is 0 Å². The molecule has 1 aromatic rings. The van der Waals surface area contributed by atoms with Crippen LogP contribution in [0.1, 0.15) is 15.9 Å². The highest BCUT2D eigenvalue weighted by Crippen LogP contribution is 2.20. The molecule has 0 bridgehead atoms. The van der Waals surface area contributed by atoms with Gasteiger partial charge < -0.3 is 9.90 Å². The molecule has 0 saturated carbocycles. The van der Waals surface area contributed by atoms with Gasteiger partial charge in [-0.1, -0.05) is 12.1 Å². The van der Waals surface area contributed by atoms with Gasteiger partial charge in [0.05, 0.1) is 16.5 Å². The molecule has 0 aliphatic rings. The van der Waals surface area contributed by atoms with Gasteiger partial charge in [-0.3, -0.25) is 10.1 Å². The van der Waals surface area contributed by atoms with Gasteiger partial charge in [-0.05, 0) is 12.5 Å². The first-order valence-electron chi connectivity index (χ1n) is 3.49. The minimum Gasteiger partial charge on any atom is -0.545 e. The predicted molar refractivity (Wildman–Crippen MR) is 42.2 cm³/mol. The molecule has 0 fully saturated rings. The van der Waals surface area contributed by atoms with Crippen molar-refractivity contribution >= 4 is 11.7 Å². The van der Waals surface area contributed by atoms with Crippen molar-refractivity contribution in [1.82, 2.24) is 0 Å². The van der Waals surface area contributed by atoms with Crippen molar-refractivity contribution in [2.24, 2.45) is 0 Å². The molecule has 0 aromatic heterocycles. The van der Waals surface area contributed by atoms with Gasteiger partial charge in [-0.25, -0.2) is 0 Å². The van der Waals surface area contributed by atoms with Gasteiger partial charge in [-0.15, -0.1) is 0 Å². The summed E-state index contributed by atoms with van der Waals surface area (Å²) in [4.78, 5) is 20.2. The monoisotopic (exact) mass is 180 g/mol. The second-order valence-electron chi connectivity index (χ2n) is 2.51. The maximum absolute atomic E-state index is 10.5. The molecule has 0 N–H and O–H groups in total. The van der Waals surface area contributed by atoms with E-state index in [1.807, 2.05) is 0 Å². The number of nitro groups is 1. The van der Waals surface area contributed by atoms with Crippen LogP contribution in [0, 0.1) is 17.0 Å². The predicted octanol–water partition coefficient (Wildman–Crippen LogP) is 0.267. The van der Waals surface area contributed by atoms with Crippen LogP contribution >= 0.6 is 0 Å². The molecule has 0 amide bonds. The summed E-state index contributed by atoms with van der Waals surface area (Å²) >= 11 is 0. The fraction of sp³-hybridized carbons (Fsp3) is 0.125. The largest absolute Gasteiger partial charge is 0.545 e. The molecule has 0 unspecified atom stereocenters. The second-order valence-corrected chi connectivity index (χ2v) is 2.51. The van der Waals surface area contributed by atoms with E-state index < -0.39 is 16.6 Å². The third-order valence-corrected chi connectivity index (χ3v) is 1.65. The molecule has 0 heterocycles. The Morgan fingerprint density at radius 1 is 1.46 bits per heavy atom. The molecule has 5 heteroatoms. The van der Waals surface area contributed by atoms with Crippen LogP contribution < -0.4 is 5.11 Å². The Labute approximate surface area is 73.8 Å². The minimum atomic E-state index is -1.52. The lowest BCUT2D eigenvalue weighted by Crippen LogP contribution is -2.24. The number of hydrogen-bond acceptors (Lipinski definition) is 4. The van der Waals surface area contributed by atoms with Crippen LogP contribution in [0.5, 0.6) is 0 Å². The van der Waals surface area contributed by atoms with E-state index in [1.165, 1.54) is 19.1 Å². The van der Waals surface area contributed by atoms with Gasteiger partial charge in [0.2, 0.25) is 0 Å². The van der Waals surface area contributed by atoms with E-state index in [4.69, 9.17) is 0 Å². The fourth-order valence-corrected chi connectivity index (χ4v) is 1.07. The standard InChI is InChI=1S/C8H7NO4/c1-5-3-2-4-6(9(12)13)7(5)8(10)11/h2-4H,1H3,(H,10,11)/p-1. The van der Waals surface area contributed by atoms with Crippen molar-refractivity contribution in [3.63, 3.8) is 0 Å². The molecular weight excluding hydrogens is 174 g/mol. The van der Waals surface area contributed by atoms with E-state index in [-0.39, 0.29) is 5.56 Å². The van der Waals surface area contributed by atoms with Crippen molar-refractivity contribution in [3.8, 4) is 0 Å². The van der Waals surface area contributed by atoms with Crippen molar-refractivity contribution in [1.29, 1.82) is 0 Å². The quantitative estimate of drug-likeness (QED) is 0.483. The van der Waals surface area contributed by atoms with Crippen molar-refractivity contribution < 1.29 is 14.8 Å². The van der Waals surface area contributed by atoms with Crippen LogP contribution in [0.15, 0.2) is 18.2 Å². The zero-order valence-electron chi connectivity index (χ0n) is 6.81. The summed E-state index contributed by atoms with van der Waals surface area (Å²) in [7, 11) is 0. The van der Waals surface area contributed by atoms with Crippen LogP contribution in [-0.2, 0) is 0 Å². The zero-order valence-corrected chi connectivity index (χ0v) is 6.81. The number of benzene rings is 1. The van der Waals surface area contributed by atoms with Gasteiger partial charge in [0.15, 0.2) is 0 Å². The average Bonchev–Trinajstić information content (AvgIpc) is 2.02. The molecule has 0 atom stereocenters. The maximum Gasteiger partial charge on any atom is 0.278 e. The van der Waals surface area contributed by atoms with Gasteiger partial charge in [0.25, 0.3) is 5.69 Å². The molecule has 1 aromatic carbocycles. The Balaban J connectivity index is 3.43. The topological polar surface area (TPSA) is 83.3 Å². The molecule has 5 nitrogen and oxygen atoms in total. The molecule has 13 heavy (non-hydrogen) atoms. The van der Waals surface area contributed by atoms with Crippen LogP contribution in [-0.4, -0.2) is 10.9 Å². The molecule has 1 rings (SSSR count). The van der Waals surface area contributed by atoms with Crippen LogP contribution in [0.3, 0.4) is 0 Å². The first-order valence-corrected chi connectivity index (χ1v) is 3.49. The lowest BCUT2D eigenvalue weighted by atomic mass is 10.1. The molecular formula is C8H6NO4-. The van der Waals surface area contributed by atoms with E-state index in [2.05, 4.69) is 0 Å². The highest BCUT2D eigenvalue weighted by atomic mass is 16.6. The number of aromatic carboxylic acids is 1. The number of nitro benzene ring substituents is 1. The van der Waals surface area contributed by atoms with Crippen molar-refractivity contribution in [2.45, 2.75) is 6.92 Å². The average molecular weight is 180 g/mol. The smallest absolute Gasteiger partial charge is 0.278 e. The van der Waals surface area contributed by atoms with E-state index in [0.29, 0.717) is 5.56 Å². The number of carbonyl (C=O) groups is 1. The van der Waals surface area contributed by atoms with Crippen molar-refractivity contribution in [3.05, 3.63) is 39.4 Å². The number of carbonyl (C=O) groups excluding carboxylic acids is 1. The highest BCUT2D eigenvalue weighted by molar-refractivity contribution is 5.92. The molecule has 0 saturated heterocycles. The molecule has 68 valence electrons. The molecule has 0 aliphatic heterocycles. The first kappa shape index (κ1) is 9.18. The third kappa shape index (κ3) is 1.64. The second kappa shape index (κ2) is 3.22. The Morgan fingerprint density at radius 2 is 2.08 bits per heavy atom. The first-order chi connectivity index (χ1) is 6.04. The third-order valence-electron chi connectivity index (χ3n) is 1.65. The van der Waals surface area contributed by atoms with Crippen LogP contribution in [0.4, 0.5) is 5.69 Å².